The summed E-state index contributed by atoms with van der Waals surface area (Å²) in [6, 6.07) is 11.2. The average molecular weight is 286 g/mol. The Kier molecular flexibility index (Phi) is 4.91. The van der Waals surface area contributed by atoms with Gasteiger partial charge in [-0.05, 0) is 56.6 Å². The first-order valence-electron chi connectivity index (χ1n) is 8.39. The molecule has 0 bridgehead atoms. The van der Waals surface area contributed by atoms with Gasteiger partial charge in [0.05, 0.1) is 5.92 Å². The summed E-state index contributed by atoms with van der Waals surface area (Å²) >= 11 is 0. The van der Waals surface area contributed by atoms with Crippen molar-refractivity contribution in [3.05, 3.63) is 35.9 Å². The first-order chi connectivity index (χ1) is 10.3. The van der Waals surface area contributed by atoms with Crippen molar-refractivity contribution in [3.63, 3.8) is 0 Å². The van der Waals surface area contributed by atoms with Crippen LogP contribution in [-0.4, -0.2) is 25.0 Å². The Hall–Kier alpha value is -1.35. The van der Waals surface area contributed by atoms with E-state index in [4.69, 9.17) is 0 Å². The SMILES string of the molecule is O=C(NC1CCC(c2ccccc2)CC1)[C@H]1CCCNC1. The molecule has 0 aromatic heterocycles. The van der Waals surface area contributed by atoms with E-state index in [1.807, 2.05) is 0 Å². The molecule has 0 radical (unpaired) electrons. The highest BCUT2D eigenvalue weighted by atomic mass is 16.2. The van der Waals surface area contributed by atoms with Crippen LogP contribution < -0.4 is 10.6 Å². The summed E-state index contributed by atoms with van der Waals surface area (Å²) < 4.78 is 0. The summed E-state index contributed by atoms with van der Waals surface area (Å²) in [6.07, 6.45) is 6.78. The van der Waals surface area contributed by atoms with E-state index >= 15 is 0 Å². The van der Waals surface area contributed by atoms with Gasteiger partial charge in [0.1, 0.15) is 0 Å². The molecule has 1 saturated heterocycles. The minimum absolute atomic E-state index is 0.186. The molecule has 1 atom stereocenters. The molecule has 2 fully saturated rings. The van der Waals surface area contributed by atoms with E-state index in [1.54, 1.807) is 0 Å². The fourth-order valence-corrected chi connectivity index (χ4v) is 3.69. The molecule has 3 heteroatoms. The Bertz CT molecular complexity index is 446. The van der Waals surface area contributed by atoms with Crippen molar-refractivity contribution >= 4 is 5.91 Å². The Morgan fingerprint density at radius 1 is 1.05 bits per heavy atom. The molecule has 1 amide bonds. The van der Waals surface area contributed by atoms with Gasteiger partial charge in [0.15, 0.2) is 0 Å². The monoisotopic (exact) mass is 286 g/mol. The van der Waals surface area contributed by atoms with Crippen LogP contribution in [0.2, 0.25) is 0 Å². The molecule has 1 saturated carbocycles. The van der Waals surface area contributed by atoms with Crippen LogP contribution in [0.3, 0.4) is 0 Å². The predicted octanol–water partition coefficient (Wildman–Crippen LogP) is 2.83. The molecule has 1 heterocycles. The predicted molar refractivity (Wildman–Crippen MR) is 85.2 cm³/mol. The van der Waals surface area contributed by atoms with Crippen molar-refractivity contribution in [3.8, 4) is 0 Å². The molecular formula is C18H26N2O. The lowest BCUT2D eigenvalue weighted by Crippen LogP contribution is -2.45. The average Bonchev–Trinajstić information content (AvgIpc) is 2.57. The van der Waals surface area contributed by atoms with Crippen molar-refractivity contribution in [2.45, 2.75) is 50.5 Å². The molecule has 0 unspecified atom stereocenters. The molecule has 2 aliphatic rings. The van der Waals surface area contributed by atoms with Gasteiger partial charge in [0, 0.05) is 12.6 Å². The number of hydrogen-bond acceptors (Lipinski definition) is 2. The number of carbonyl (C=O) groups excluding carboxylic acids is 1. The normalized spacial score (nSPS) is 29.8. The summed E-state index contributed by atoms with van der Waals surface area (Å²) in [5.74, 6) is 1.13. The van der Waals surface area contributed by atoms with Crippen molar-refractivity contribution < 1.29 is 4.79 Å². The Morgan fingerprint density at radius 3 is 2.48 bits per heavy atom. The van der Waals surface area contributed by atoms with Gasteiger partial charge < -0.3 is 10.6 Å². The number of hydrogen-bond donors (Lipinski definition) is 2. The van der Waals surface area contributed by atoms with Gasteiger partial charge >= 0.3 is 0 Å². The molecule has 114 valence electrons. The number of amides is 1. The zero-order valence-corrected chi connectivity index (χ0v) is 12.7. The molecule has 21 heavy (non-hydrogen) atoms. The van der Waals surface area contributed by atoms with Gasteiger partial charge in [0.2, 0.25) is 5.91 Å². The van der Waals surface area contributed by atoms with E-state index in [2.05, 4.69) is 41.0 Å². The molecular weight excluding hydrogens is 260 g/mol. The van der Waals surface area contributed by atoms with Gasteiger partial charge in [-0.25, -0.2) is 0 Å². The van der Waals surface area contributed by atoms with E-state index in [0.29, 0.717) is 12.0 Å². The first kappa shape index (κ1) is 14.6. The number of benzene rings is 1. The number of nitrogens with one attached hydrogen (secondary N) is 2. The first-order valence-corrected chi connectivity index (χ1v) is 8.39. The van der Waals surface area contributed by atoms with E-state index in [-0.39, 0.29) is 11.8 Å². The highest BCUT2D eigenvalue weighted by molar-refractivity contribution is 5.79. The molecule has 2 N–H and O–H groups in total. The van der Waals surface area contributed by atoms with E-state index in [9.17, 15) is 4.79 Å². The van der Waals surface area contributed by atoms with Crippen molar-refractivity contribution in [2.75, 3.05) is 13.1 Å². The van der Waals surface area contributed by atoms with Crippen LogP contribution in [0.4, 0.5) is 0 Å². The maximum atomic E-state index is 12.3. The highest BCUT2D eigenvalue weighted by Gasteiger charge is 2.26. The van der Waals surface area contributed by atoms with Gasteiger partial charge in [-0.1, -0.05) is 30.3 Å². The molecule has 1 aromatic rings. The third-order valence-corrected chi connectivity index (χ3v) is 5.01. The molecule has 0 spiro atoms. The third kappa shape index (κ3) is 3.85. The van der Waals surface area contributed by atoms with Gasteiger partial charge in [0.25, 0.3) is 0 Å². The minimum Gasteiger partial charge on any atom is -0.353 e. The highest BCUT2D eigenvalue weighted by Crippen LogP contribution is 2.32. The fraction of sp³-hybridized carbons (Fsp3) is 0.611. The zero-order valence-electron chi connectivity index (χ0n) is 12.7. The molecule has 3 nitrogen and oxygen atoms in total. The van der Waals surface area contributed by atoms with Crippen molar-refractivity contribution in [2.24, 2.45) is 5.92 Å². The molecule has 1 aliphatic heterocycles. The number of piperidine rings is 1. The van der Waals surface area contributed by atoms with E-state index < -0.39 is 0 Å². The molecule has 1 aromatic carbocycles. The standard InChI is InChI=1S/C18H26N2O/c21-18(16-7-4-12-19-13-16)20-17-10-8-15(9-11-17)14-5-2-1-3-6-14/h1-3,5-6,15-17,19H,4,7-13H2,(H,20,21)/t15?,16-,17?/m0/s1. The van der Waals surface area contributed by atoms with Crippen LogP contribution >= 0.6 is 0 Å². The second-order valence-electron chi connectivity index (χ2n) is 6.51. The van der Waals surface area contributed by atoms with Crippen LogP contribution in [0.25, 0.3) is 0 Å². The second-order valence-corrected chi connectivity index (χ2v) is 6.51. The summed E-state index contributed by atoms with van der Waals surface area (Å²) in [4.78, 5) is 12.3. The summed E-state index contributed by atoms with van der Waals surface area (Å²) in [7, 11) is 0. The lowest BCUT2D eigenvalue weighted by molar-refractivity contribution is -0.126. The largest absolute Gasteiger partial charge is 0.353 e. The van der Waals surface area contributed by atoms with Crippen LogP contribution in [0, 0.1) is 5.92 Å². The zero-order chi connectivity index (χ0) is 14.5. The summed E-state index contributed by atoms with van der Waals surface area (Å²) in [6.45, 7) is 1.91. The number of carbonyl (C=O) groups is 1. The fourth-order valence-electron chi connectivity index (χ4n) is 3.69. The summed E-state index contributed by atoms with van der Waals surface area (Å²) in [5, 5.41) is 6.60. The van der Waals surface area contributed by atoms with Crippen LogP contribution in [0.15, 0.2) is 30.3 Å². The lowest BCUT2D eigenvalue weighted by atomic mass is 9.81. The Balaban J connectivity index is 1.46. The van der Waals surface area contributed by atoms with Crippen LogP contribution in [0.1, 0.15) is 50.0 Å². The van der Waals surface area contributed by atoms with E-state index in [0.717, 1.165) is 38.8 Å². The van der Waals surface area contributed by atoms with Crippen molar-refractivity contribution in [1.29, 1.82) is 0 Å². The topological polar surface area (TPSA) is 41.1 Å². The Morgan fingerprint density at radius 2 is 1.81 bits per heavy atom. The Labute approximate surface area is 127 Å². The maximum absolute atomic E-state index is 12.3. The van der Waals surface area contributed by atoms with Gasteiger partial charge in [-0.15, -0.1) is 0 Å². The minimum atomic E-state index is 0.186. The second kappa shape index (κ2) is 7.08. The van der Waals surface area contributed by atoms with Gasteiger partial charge in [-0.2, -0.15) is 0 Å². The van der Waals surface area contributed by atoms with E-state index in [1.165, 1.54) is 18.4 Å². The molecule has 1 aliphatic carbocycles. The quantitative estimate of drug-likeness (QED) is 0.897. The molecule has 3 rings (SSSR count). The van der Waals surface area contributed by atoms with Crippen LogP contribution in [-0.2, 0) is 4.79 Å². The smallest absolute Gasteiger partial charge is 0.224 e. The lowest BCUT2D eigenvalue weighted by Gasteiger charge is -2.31. The van der Waals surface area contributed by atoms with Gasteiger partial charge in [-0.3, -0.25) is 4.79 Å². The third-order valence-electron chi connectivity index (χ3n) is 5.01. The maximum Gasteiger partial charge on any atom is 0.224 e. The van der Waals surface area contributed by atoms with Crippen LogP contribution in [0.5, 0.6) is 0 Å². The number of rotatable bonds is 3. The summed E-state index contributed by atoms with van der Waals surface area (Å²) in [5.41, 5.74) is 1.46. The van der Waals surface area contributed by atoms with Crippen molar-refractivity contribution in [1.82, 2.24) is 10.6 Å².